The maximum atomic E-state index is 0. The number of rotatable bonds is 0. The Labute approximate surface area is 89.5 Å². The van der Waals surface area contributed by atoms with Crippen LogP contribution in [0.1, 0.15) is 0 Å². The van der Waals surface area contributed by atoms with Crippen LogP contribution in [-0.4, -0.2) is 91.3 Å². The van der Waals surface area contributed by atoms with Crippen LogP contribution in [0.4, 0.5) is 0 Å². The van der Waals surface area contributed by atoms with Gasteiger partial charge in [0.05, 0.1) is 0 Å². The van der Waals surface area contributed by atoms with Crippen LogP contribution in [0.3, 0.4) is 0 Å². The first-order valence-corrected chi connectivity index (χ1v) is 0. The molecule has 0 saturated carbocycles. The van der Waals surface area contributed by atoms with Crippen molar-refractivity contribution in [3.8, 4) is 0 Å². The van der Waals surface area contributed by atoms with E-state index in [1.807, 2.05) is 0 Å². The van der Waals surface area contributed by atoms with Crippen LogP contribution in [-0.2, 0) is 0 Å². The summed E-state index contributed by atoms with van der Waals surface area (Å²) in [5, 5.41) is 0. The topological polar surface area (TPSA) is 0 Å². The van der Waals surface area contributed by atoms with Gasteiger partial charge in [0.15, 0.2) is 0 Å². The first-order chi connectivity index (χ1) is 0. The monoisotopic (exact) mass is 380 g/mol. The summed E-state index contributed by atoms with van der Waals surface area (Å²) < 4.78 is 0. The van der Waals surface area contributed by atoms with Crippen molar-refractivity contribution in [2.24, 2.45) is 0 Å². The van der Waals surface area contributed by atoms with E-state index >= 15 is 0 Å². The van der Waals surface area contributed by atoms with Gasteiger partial charge in [-0.15, -0.1) is 0 Å². The van der Waals surface area contributed by atoms with Gasteiger partial charge in [-0.25, -0.2) is 0 Å². The van der Waals surface area contributed by atoms with Gasteiger partial charge in [0, 0.05) is 0 Å². The third-order valence-corrected chi connectivity index (χ3v) is 0. The van der Waals surface area contributed by atoms with Gasteiger partial charge in [-0.3, -0.25) is 0 Å². The standard InChI is InChI=1S/2Ga.2In.12H. The minimum absolute atomic E-state index is 0. The van der Waals surface area contributed by atoms with Gasteiger partial charge in [0.2, 0.25) is 0 Å². The molecular formula is H12Ga2In2. The molecule has 0 aliphatic heterocycles. The molecule has 4 heteroatoms. The van der Waals surface area contributed by atoms with E-state index in [0.29, 0.717) is 0 Å². The first kappa shape index (κ1) is 27.9. The average Bonchev–Trinajstić information content (AvgIpc) is 0. The Bertz CT molecular complexity index is 4.00. The van der Waals surface area contributed by atoms with E-state index in [4.69, 9.17) is 0 Å². The Kier molecular flexibility index (Phi) is 116. The average molecular weight is 381 g/mol. The van der Waals surface area contributed by atoms with Gasteiger partial charge in [-0.05, 0) is 0 Å². The molecule has 0 rings (SSSR count). The predicted molar refractivity (Wildman–Crippen MR) is 39.8 cm³/mol. The molecule has 0 atom stereocenters. The molecule has 0 bridgehead atoms. The molecule has 0 amide bonds. The molecule has 4 heavy (non-hydrogen) atoms. The zero-order valence-corrected chi connectivity index (χ0v) is 0. The Morgan fingerprint density at radius 3 is 0.500 bits per heavy atom. The fourth-order valence-electron chi connectivity index (χ4n) is 0. The molecule has 0 aromatic rings. The molecule has 0 aliphatic carbocycles. The van der Waals surface area contributed by atoms with Gasteiger partial charge in [0.1, 0.15) is 0 Å². The van der Waals surface area contributed by atoms with Crippen molar-refractivity contribution >= 4 is 91.3 Å². The van der Waals surface area contributed by atoms with Crippen molar-refractivity contribution in [1.82, 2.24) is 0 Å². The summed E-state index contributed by atoms with van der Waals surface area (Å²) in [6.07, 6.45) is 0. The summed E-state index contributed by atoms with van der Waals surface area (Å²) in [6.45, 7) is 0. The van der Waals surface area contributed by atoms with Crippen molar-refractivity contribution < 1.29 is 0 Å². The third kappa shape index (κ3) is 8.89. The molecule has 24 valence electrons. The van der Waals surface area contributed by atoms with Gasteiger partial charge < -0.3 is 0 Å². The molecule has 0 aromatic carbocycles. The molecule has 0 aliphatic rings. The Hall–Kier alpha value is 3.01. The predicted octanol–water partition coefficient (Wildman–Crippen LogP) is -4.74. The van der Waals surface area contributed by atoms with Crippen molar-refractivity contribution in [2.45, 2.75) is 0 Å². The van der Waals surface area contributed by atoms with Crippen molar-refractivity contribution in [1.29, 1.82) is 0 Å². The quantitative estimate of drug-likeness (QED) is 0.370. The molecule has 0 unspecified atom stereocenters. The van der Waals surface area contributed by atoms with Crippen molar-refractivity contribution in [2.75, 3.05) is 0 Å². The fraction of sp³-hybridized carbons (Fsp3) is 0. The van der Waals surface area contributed by atoms with E-state index in [-0.39, 0.29) is 91.3 Å². The minimum atomic E-state index is 0. The van der Waals surface area contributed by atoms with Gasteiger partial charge in [-0.2, -0.15) is 0 Å². The molecular weight excluding hydrogens is 369 g/mol. The summed E-state index contributed by atoms with van der Waals surface area (Å²) in [7, 11) is 0. The van der Waals surface area contributed by atoms with Gasteiger partial charge >= 0.3 is 91.3 Å². The second kappa shape index (κ2) is 16.6. The zero-order valence-electron chi connectivity index (χ0n) is 0. The van der Waals surface area contributed by atoms with E-state index in [2.05, 4.69) is 0 Å². The van der Waals surface area contributed by atoms with E-state index < -0.39 is 0 Å². The molecule has 0 spiro atoms. The van der Waals surface area contributed by atoms with Gasteiger partial charge in [-0.1, -0.05) is 0 Å². The van der Waals surface area contributed by atoms with Crippen LogP contribution >= 0.6 is 0 Å². The summed E-state index contributed by atoms with van der Waals surface area (Å²) >= 11 is 0. The second-order valence-corrected chi connectivity index (χ2v) is 0. The normalized spacial score (nSPS) is 0. The number of hydrogen-bond donors (Lipinski definition) is 0. The zero-order chi connectivity index (χ0) is 0. The molecule has 0 aromatic heterocycles. The van der Waals surface area contributed by atoms with Crippen LogP contribution < -0.4 is 0 Å². The molecule has 0 nitrogen and oxygen atoms in total. The Balaban J connectivity index is 0. The number of hydrogen-bond acceptors (Lipinski definition) is 0. The summed E-state index contributed by atoms with van der Waals surface area (Å²) in [6, 6.07) is 0. The first-order valence-electron chi connectivity index (χ1n) is 0. The van der Waals surface area contributed by atoms with Crippen LogP contribution in [0.25, 0.3) is 0 Å². The van der Waals surface area contributed by atoms with E-state index in [9.17, 15) is 0 Å². The summed E-state index contributed by atoms with van der Waals surface area (Å²) in [4.78, 5) is 0. The van der Waals surface area contributed by atoms with Gasteiger partial charge in [0.25, 0.3) is 0 Å². The van der Waals surface area contributed by atoms with E-state index in [1.165, 1.54) is 0 Å². The fourth-order valence-corrected chi connectivity index (χ4v) is 0. The molecule has 0 saturated heterocycles. The molecule has 0 fully saturated rings. The van der Waals surface area contributed by atoms with Crippen LogP contribution in [0, 0.1) is 0 Å². The third-order valence-electron chi connectivity index (χ3n) is 0. The molecule has 0 radical (unpaired) electrons. The van der Waals surface area contributed by atoms with Crippen molar-refractivity contribution in [3.63, 3.8) is 0 Å². The SMILES string of the molecule is [GaH3].[GaH3].[InH3].[InH3]. The van der Waals surface area contributed by atoms with Crippen LogP contribution in [0.15, 0.2) is 0 Å². The second-order valence-electron chi connectivity index (χ2n) is 0. The Morgan fingerprint density at radius 1 is 0.500 bits per heavy atom. The summed E-state index contributed by atoms with van der Waals surface area (Å²) in [5.74, 6) is 0. The maximum absolute atomic E-state index is 0. The van der Waals surface area contributed by atoms with Crippen LogP contribution in [0.5, 0.6) is 0 Å². The molecule has 0 N–H and O–H groups in total. The molecule has 0 heterocycles. The van der Waals surface area contributed by atoms with E-state index in [0.717, 1.165) is 0 Å². The summed E-state index contributed by atoms with van der Waals surface area (Å²) in [5.41, 5.74) is 0. The van der Waals surface area contributed by atoms with Crippen molar-refractivity contribution in [3.05, 3.63) is 0 Å². The Morgan fingerprint density at radius 2 is 0.500 bits per heavy atom. The van der Waals surface area contributed by atoms with Crippen LogP contribution in [0.2, 0.25) is 0 Å². The van der Waals surface area contributed by atoms with E-state index in [1.54, 1.807) is 0 Å².